The number of rotatable bonds is 15. The molecule has 1 fully saturated rings. The van der Waals surface area contributed by atoms with Crippen molar-refractivity contribution in [1.82, 2.24) is 4.72 Å². The van der Waals surface area contributed by atoms with Crippen LogP contribution < -0.4 is 4.72 Å². The number of unbranched alkanes of at least 4 members (excludes halogenated alkanes) is 1. The molecule has 11 heteroatoms. The molecule has 1 N–H and O–H groups in total. The van der Waals surface area contributed by atoms with E-state index in [1.807, 2.05) is 0 Å². The predicted octanol–water partition coefficient (Wildman–Crippen LogP) is 3.70. The van der Waals surface area contributed by atoms with Gasteiger partial charge in [-0.05, 0) is 75.1 Å². The second-order valence-corrected chi connectivity index (χ2v) is 11.9. The quantitative estimate of drug-likeness (QED) is 0.282. The summed E-state index contributed by atoms with van der Waals surface area (Å²) in [4.78, 5) is 0.170. The van der Waals surface area contributed by atoms with Crippen molar-refractivity contribution >= 4 is 31.7 Å². The summed E-state index contributed by atoms with van der Waals surface area (Å²) in [6.45, 7) is 1.71. The number of halogens is 1. The third-order valence-corrected chi connectivity index (χ3v) is 7.46. The second-order valence-electron chi connectivity index (χ2n) is 8.01. The van der Waals surface area contributed by atoms with Crippen molar-refractivity contribution < 1.29 is 30.5 Å². The van der Waals surface area contributed by atoms with Crippen molar-refractivity contribution in [2.75, 3.05) is 32.6 Å². The van der Waals surface area contributed by atoms with Crippen LogP contribution in [0.4, 0.5) is 0 Å². The van der Waals surface area contributed by atoms with Crippen molar-refractivity contribution in [2.45, 2.75) is 62.6 Å². The topological polar surface area (TPSA) is 108 Å². The van der Waals surface area contributed by atoms with E-state index in [-0.39, 0.29) is 23.7 Å². The first-order valence-electron chi connectivity index (χ1n) is 11.0. The first-order valence-corrected chi connectivity index (χ1v) is 14.7. The molecule has 8 nitrogen and oxygen atoms in total. The van der Waals surface area contributed by atoms with E-state index >= 15 is 0 Å². The summed E-state index contributed by atoms with van der Waals surface area (Å²) in [5.74, 6) is 0.0495. The highest BCUT2D eigenvalue weighted by Gasteiger charge is 2.17. The van der Waals surface area contributed by atoms with Crippen LogP contribution in [-0.4, -0.2) is 55.7 Å². The van der Waals surface area contributed by atoms with Gasteiger partial charge >= 0.3 is 0 Å². The van der Waals surface area contributed by atoms with Crippen LogP contribution in [0, 0.1) is 5.92 Å². The third-order valence-electron chi connectivity index (χ3n) is 5.17. The van der Waals surface area contributed by atoms with E-state index in [1.54, 1.807) is 0 Å². The van der Waals surface area contributed by atoms with Crippen LogP contribution in [0.2, 0.25) is 5.02 Å². The predicted molar refractivity (Wildman–Crippen MR) is 124 cm³/mol. The van der Waals surface area contributed by atoms with Gasteiger partial charge in [0.15, 0.2) is 6.29 Å². The number of sulfonamides is 1. The lowest BCUT2D eigenvalue weighted by atomic mass is 9.98. The van der Waals surface area contributed by atoms with Gasteiger partial charge in [-0.1, -0.05) is 18.0 Å². The number of hydrogen-bond acceptors (Lipinski definition) is 7. The Kier molecular flexibility index (Phi) is 11.9. The van der Waals surface area contributed by atoms with E-state index in [2.05, 4.69) is 4.72 Å². The van der Waals surface area contributed by atoms with E-state index in [0.717, 1.165) is 57.8 Å². The van der Waals surface area contributed by atoms with Crippen LogP contribution in [0.15, 0.2) is 29.2 Å². The van der Waals surface area contributed by atoms with Gasteiger partial charge in [-0.3, -0.25) is 4.18 Å². The molecule has 0 aromatic heterocycles. The normalized spacial score (nSPS) is 18.5. The number of nitrogens with one attached hydrogen (secondary N) is 1. The van der Waals surface area contributed by atoms with Crippen molar-refractivity contribution in [2.24, 2.45) is 5.92 Å². The van der Waals surface area contributed by atoms with Crippen LogP contribution in [-0.2, 0) is 33.8 Å². The lowest BCUT2D eigenvalue weighted by Crippen LogP contribution is -2.25. The fraction of sp³-hybridized carbons (Fsp3) is 0.714. The van der Waals surface area contributed by atoms with Crippen molar-refractivity contribution in [3.63, 3.8) is 0 Å². The van der Waals surface area contributed by atoms with E-state index < -0.39 is 20.1 Å². The zero-order chi connectivity index (χ0) is 23.5. The molecular weight excluding hydrogens is 478 g/mol. The summed E-state index contributed by atoms with van der Waals surface area (Å²) in [6.07, 6.45) is 7.65. The van der Waals surface area contributed by atoms with Gasteiger partial charge in [0.1, 0.15) is 0 Å². The molecule has 32 heavy (non-hydrogen) atoms. The summed E-state index contributed by atoms with van der Waals surface area (Å²) in [5.41, 5.74) is 0. The minimum atomic E-state index is -3.58. The average Bonchev–Trinajstić information content (AvgIpc) is 2.74. The minimum Gasteiger partial charge on any atom is -0.353 e. The summed E-state index contributed by atoms with van der Waals surface area (Å²) in [6, 6.07) is 5.99. The molecule has 1 aliphatic rings. The molecule has 0 radical (unpaired) electrons. The standard InChI is InChI=1S/C21H34ClNO7S2/c1-31(24,25)30-17-18(8-6-16-29-21-9-3-5-15-28-21)7-2-4-14-23-32(26,27)20-12-10-19(22)11-13-20/h10-13,18,21,23H,2-9,14-17H2,1H3. The lowest BCUT2D eigenvalue weighted by Gasteiger charge is -2.23. The Hall–Kier alpha value is -0.750. The maximum Gasteiger partial charge on any atom is 0.264 e. The highest BCUT2D eigenvalue weighted by molar-refractivity contribution is 7.89. The van der Waals surface area contributed by atoms with E-state index in [0.29, 0.717) is 24.6 Å². The molecule has 1 heterocycles. The smallest absolute Gasteiger partial charge is 0.264 e. The van der Waals surface area contributed by atoms with Gasteiger partial charge in [-0.2, -0.15) is 8.42 Å². The fourth-order valence-corrected chi connectivity index (χ4v) is 5.06. The Balaban J connectivity index is 1.70. The van der Waals surface area contributed by atoms with Gasteiger partial charge in [0, 0.05) is 24.8 Å². The van der Waals surface area contributed by atoms with Crippen LogP contribution in [0.5, 0.6) is 0 Å². The Labute approximate surface area is 197 Å². The van der Waals surface area contributed by atoms with Crippen molar-refractivity contribution in [1.29, 1.82) is 0 Å². The zero-order valence-electron chi connectivity index (χ0n) is 18.5. The van der Waals surface area contributed by atoms with E-state index in [9.17, 15) is 16.8 Å². The molecule has 1 aromatic rings. The maximum atomic E-state index is 12.3. The maximum absolute atomic E-state index is 12.3. The summed E-state index contributed by atoms with van der Waals surface area (Å²) in [7, 11) is -7.08. The molecule has 0 bridgehead atoms. The Bertz CT molecular complexity index is 870. The van der Waals surface area contributed by atoms with Gasteiger partial charge in [0.25, 0.3) is 10.1 Å². The number of benzene rings is 1. The van der Waals surface area contributed by atoms with E-state index in [1.165, 1.54) is 24.3 Å². The van der Waals surface area contributed by atoms with Gasteiger partial charge in [-0.25, -0.2) is 13.1 Å². The van der Waals surface area contributed by atoms with Gasteiger partial charge in [0.05, 0.1) is 17.8 Å². The first-order chi connectivity index (χ1) is 15.2. The zero-order valence-corrected chi connectivity index (χ0v) is 20.9. The summed E-state index contributed by atoms with van der Waals surface area (Å²) >= 11 is 5.80. The Morgan fingerprint density at radius 1 is 1.09 bits per heavy atom. The SMILES string of the molecule is CS(=O)(=O)OCC(CCCCNS(=O)(=O)c1ccc(Cl)cc1)CCCOC1CCCCO1. The highest BCUT2D eigenvalue weighted by atomic mass is 35.5. The molecule has 1 saturated heterocycles. The van der Waals surface area contributed by atoms with Gasteiger partial charge in [-0.15, -0.1) is 0 Å². The molecule has 1 aromatic carbocycles. The largest absolute Gasteiger partial charge is 0.353 e. The minimum absolute atomic E-state index is 0.0495. The Morgan fingerprint density at radius 2 is 1.81 bits per heavy atom. The van der Waals surface area contributed by atoms with Crippen LogP contribution >= 0.6 is 11.6 Å². The summed E-state index contributed by atoms with van der Waals surface area (Å²) < 4.78 is 66.2. The van der Waals surface area contributed by atoms with Gasteiger partial charge < -0.3 is 9.47 Å². The Morgan fingerprint density at radius 3 is 2.47 bits per heavy atom. The average molecular weight is 512 g/mol. The monoisotopic (exact) mass is 511 g/mol. The number of ether oxygens (including phenoxy) is 2. The molecular formula is C21H34ClNO7S2. The lowest BCUT2D eigenvalue weighted by molar-refractivity contribution is -0.163. The molecule has 0 spiro atoms. The van der Waals surface area contributed by atoms with Crippen molar-refractivity contribution in [3.8, 4) is 0 Å². The molecule has 0 saturated carbocycles. The molecule has 0 aliphatic carbocycles. The summed E-state index contributed by atoms with van der Waals surface area (Å²) in [5, 5.41) is 0.475. The van der Waals surface area contributed by atoms with Gasteiger partial charge in [0.2, 0.25) is 10.0 Å². The molecule has 184 valence electrons. The third kappa shape index (κ3) is 11.4. The highest BCUT2D eigenvalue weighted by Crippen LogP contribution is 2.19. The second kappa shape index (κ2) is 13.8. The van der Waals surface area contributed by atoms with Crippen molar-refractivity contribution in [3.05, 3.63) is 29.3 Å². The molecule has 0 amide bonds. The molecule has 2 unspecified atom stereocenters. The van der Waals surface area contributed by atoms with E-state index in [4.69, 9.17) is 25.3 Å². The first kappa shape index (κ1) is 27.5. The van der Waals surface area contributed by atoms with Crippen LogP contribution in [0.3, 0.4) is 0 Å². The van der Waals surface area contributed by atoms with Crippen LogP contribution in [0.25, 0.3) is 0 Å². The molecule has 2 atom stereocenters. The molecule has 2 rings (SSSR count). The van der Waals surface area contributed by atoms with Crippen LogP contribution in [0.1, 0.15) is 51.4 Å². The molecule has 1 aliphatic heterocycles. The number of hydrogen-bond donors (Lipinski definition) is 1. The fourth-order valence-electron chi connectivity index (χ4n) is 3.42.